The molecular weight excluding hydrogens is 420 g/mol. The molecule has 0 aliphatic carbocycles. The van der Waals surface area contributed by atoms with Crippen LogP contribution in [0.4, 0.5) is 5.69 Å². The summed E-state index contributed by atoms with van der Waals surface area (Å²) in [5, 5.41) is 2.93. The summed E-state index contributed by atoms with van der Waals surface area (Å²) < 4.78 is 42.3. The van der Waals surface area contributed by atoms with Crippen molar-refractivity contribution in [1.82, 2.24) is 4.31 Å². The van der Waals surface area contributed by atoms with Crippen LogP contribution in [0.2, 0.25) is 5.02 Å². The SMILES string of the molecule is COc1ccc(S(=O)(=O)N(C)C)cc1NC(=O)c1cc(Cl)c2c(c1)OCCCO2. The number of nitrogens with one attached hydrogen (secondary N) is 1. The van der Waals surface area contributed by atoms with Crippen molar-refractivity contribution in [1.29, 1.82) is 0 Å². The smallest absolute Gasteiger partial charge is 0.255 e. The molecule has 1 heterocycles. The molecule has 0 bridgehead atoms. The molecule has 156 valence electrons. The fraction of sp³-hybridized carbons (Fsp3) is 0.316. The maximum Gasteiger partial charge on any atom is 0.255 e. The topological polar surface area (TPSA) is 94.2 Å². The molecule has 8 nitrogen and oxygen atoms in total. The van der Waals surface area contributed by atoms with Gasteiger partial charge in [0, 0.05) is 26.1 Å². The van der Waals surface area contributed by atoms with Crippen LogP contribution in [0.3, 0.4) is 0 Å². The number of carbonyl (C=O) groups excluding carboxylic acids is 1. The number of hydrogen-bond acceptors (Lipinski definition) is 6. The molecule has 1 aliphatic heterocycles. The van der Waals surface area contributed by atoms with Gasteiger partial charge in [-0.25, -0.2) is 12.7 Å². The minimum absolute atomic E-state index is 0.0234. The van der Waals surface area contributed by atoms with E-state index in [4.69, 9.17) is 25.8 Å². The molecule has 0 fully saturated rings. The summed E-state index contributed by atoms with van der Waals surface area (Å²) in [4.78, 5) is 12.8. The molecule has 0 radical (unpaired) electrons. The Bertz CT molecular complexity index is 1040. The van der Waals surface area contributed by atoms with Gasteiger partial charge in [0.15, 0.2) is 11.5 Å². The molecule has 10 heteroatoms. The number of hydrogen-bond donors (Lipinski definition) is 1. The van der Waals surface area contributed by atoms with Gasteiger partial charge in [0.25, 0.3) is 5.91 Å². The van der Waals surface area contributed by atoms with Crippen molar-refractivity contribution in [2.45, 2.75) is 11.3 Å². The summed E-state index contributed by atoms with van der Waals surface area (Å²) >= 11 is 6.25. The Balaban J connectivity index is 1.95. The Morgan fingerprint density at radius 2 is 1.90 bits per heavy atom. The molecular formula is C19H21ClN2O6S. The number of nitrogens with zero attached hydrogens (tertiary/aromatic N) is 1. The van der Waals surface area contributed by atoms with Gasteiger partial charge in [0.2, 0.25) is 10.0 Å². The monoisotopic (exact) mass is 440 g/mol. The van der Waals surface area contributed by atoms with E-state index in [2.05, 4.69) is 5.32 Å². The van der Waals surface area contributed by atoms with Crippen LogP contribution in [0.25, 0.3) is 0 Å². The predicted octanol–water partition coefficient (Wildman–Crippen LogP) is 3.01. The van der Waals surface area contributed by atoms with Crippen molar-refractivity contribution in [3.63, 3.8) is 0 Å². The summed E-state index contributed by atoms with van der Waals surface area (Å²) in [7, 11) is 0.604. The Morgan fingerprint density at radius 3 is 2.59 bits per heavy atom. The van der Waals surface area contributed by atoms with Crippen molar-refractivity contribution in [3.05, 3.63) is 40.9 Å². The zero-order valence-corrected chi connectivity index (χ0v) is 17.8. The maximum atomic E-state index is 12.8. The Hall–Kier alpha value is -2.49. The van der Waals surface area contributed by atoms with Crippen molar-refractivity contribution in [2.75, 3.05) is 39.7 Å². The van der Waals surface area contributed by atoms with Gasteiger partial charge < -0.3 is 19.5 Å². The third-order valence-corrected chi connectivity index (χ3v) is 6.35. The lowest BCUT2D eigenvalue weighted by atomic mass is 10.1. The quantitative estimate of drug-likeness (QED) is 0.768. The average Bonchev–Trinajstić information content (AvgIpc) is 2.93. The molecule has 0 spiro atoms. The number of fused-ring (bicyclic) bond motifs is 1. The van der Waals surface area contributed by atoms with E-state index >= 15 is 0 Å². The molecule has 0 atom stereocenters. The second kappa shape index (κ2) is 8.48. The molecule has 0 saturated heterocycles. The van der Waals surface area contributed by atoms with Gasteiger partial charge in [-0.2, -0.15) is 0 Å². The molecule has 29 heavy (non-hydrogen) atoms. The van der Waals surface area contributed by atoms with Gasteiger partial charge in [0.1, 0.15) is 5.75 Å². The molecule has 3 rings (SSSR count). The first-order valence-corrected chi connectivity index (χ1v) is 10.6. The summed E-state index contributed by atoms with van der Waals surface area (Å²) in [6.45, 7) is 0.926. The van der Waals surface area contributed by atoms with E-state index in [9.17, 15) is 13.2 Å². The first-order chi connectivity index (χ1) is 13.7. The van der Waals surface area contributed by atoms with Crippen molar-refractivity contribution >= 4 is 33.2 Å². The van der Waals surface area contributed by atoms with Crippen LogP contribution in [0.5, 0.6) is 17.2 Å². The molecule has 1 N–H and O–H groups in total. The number of ether oxygens (including phenoxy) is 3. The van der Waals surface area contributed by atoms with Gasteiger partial charge >= 0.3 is 0 Å². The van der Waals surface area contributed by atoms with Crippen LogP contribution >= 0.6 is 11.6 Å². The molecule has 0 aromatic heterocycles. The number of benzene rings is 2. The summed E-state index contributed by atoms with van der Waals surface area (Å²) in [6, 6.07) is 7.24. The third-order valence-electron chi connectivity index (χ3n) is 4.26. The van der Waals surface area contributed by atoms with Crippen LogP contribution in [-0.2, 0) is 10.0 Å². The van der Waals surface area contributed by atoms with Crippen molar-refractivity contribution in [2.24, 2.45) is 0 Å². The highest BCUT2D eigenvalue weighted by atomic mass is 35.5. The van der Waals surface area contributed by atoms with Gasteiger partial charge in [-0.3, -0.25) is 4.79 Å². The van der Waals surface area contributed by atoms with Crippen molar-refractivity contribution < 1.29 is 27.4 Å². The zero-order chi connectivity index (χ0) is 21.2. The van der Waals surface area contributed by atoms with E-state index in [0.717, 1.165) is 4.31 Å². The number of amides is 1. The standard InChI is InChI=1S/C19H21ClN2O6S/c1-22(2)29(24,25)13-5-6-16(26-3)15(11-13)21-19(23)12-9-14(20)18-17(10-12)27-7-4-8-28-18/h5-6,9-11H,4,7-8H2,1-3H3,(H,21,23). The maximum absolute atomic E-state index is 12.8. The Labute approximate surface area is 174 Å². The summed E-state index contributed by atoms with van der Waals surface area (Å²) in [5.41, 5.74) is 0.450. The van der Waals surface area contributed by atoms with Gasteiger partial charge in [-0.1, -0.05) is 11.6 Å². The first kappa shape index (κ1) is 21.2. The van der Waals surface area contributed by atoms with Crippen molar-refractivity contribution in [3.8, 4) is 17.2 Å². The number of methoxy groups -OCH3 is 1. The van der Waals surface area contributed by atoms with Crippen LogP contribution in [-0.4, -0.2) is 53.0 Å². The van der Waals surface area contributed by atoms with Gasteiger partial charge in [-0.15, -0.1) is 0 Å². The second-order valence-electron chi connectivity index (χ2n) is 6.44. The molecule has 0 unspecified atom stereocenters. The van der Waals surface area contributed by atoms with E-state index in [1.165, 1.54) is 51.5 Å². The fourth-order valence-electron chi connectivity index (χ4n) is 2.71. The normalized spacial score (nSPS) is 13.7. The molecule has 2 aromatic carbocycles. The van der Waals surface area contributed by atoms with E-state index in [1.807, 2.05) is 0 Å². The highest BCUT2D eigenvalue weighted by Gasteiger charge is 2.22. The highest BCUT2D eigenvalue weighted by molar-refractivity contribution is 7.89. The van der Waals surface area contributed by atoms with E-state index < -0.39 is 15.9 Å². The lowest BCUT2D eigenvalue weighted by Gasteiger charge is -2.16. The fourth-order valence-corrected chi connectivity index (χ4v) is 3.91. The number of rotatable bonds is 5. The zero-order valence-electron chi connectivity index (χ0n) is 16.2. The van der Waals surface area contributed by atoms with Crippen LogP contribution in [0.15, 0.2) is 35.2 Å². The number of halogens is 1. The average molecular weight is 441 g/mol. The molecule has 1 amide bonds. The first-order valence-electron chi connectivity index (χ1n) is 8.75. The number of sulfonamides is 1. The van der Waals surface area contributed by atoms with E-state index in [1.54, 1.807) is 0 Å². The van der Waals surface area contributed by atoms with Gasteiger partial charge in [-0.05, 0) is 30.3 Å². The van der Waals surface area contributed by atoms with Gasteiger partial charge in [0.05, 0.1) is 35.9 Å². The minimum Gasteiger partial charge on any atom is -0.495 e. The lowest BCUT2D eigenvalue weighted by Crippen LogP contribution is -2.22. The Kier molecular flexibility index (Phi) is 6.21. The van der Waals surface area contributed by atoms with Crippen LogP contribution < -0.4 is 19.5 Å². The third kappa shape index (κ3) is 4.42. The second-order valence-corrected chi connectivity index (χ2v) is 9.00. The highest BCUT2D eigenvalue weighted by Crippen LogP contribution is 2.38. The number of carbonyl (C=O) groups is 1. The van der Waals surface area contributed by atoms with Crippen LogP contribution in [0, 0.1) is 0 Å². The lowest BCUT2D eigenvalue weighted by molar-refractivity contribution is 0.102. The van der Waals surface area contributed by atoms with E-state index in [0.29, 0.717) is 36.9 Å². The van der Waals surface area contributed by atoms with E-state index in [-0.39, 0.29) is 21.2 Å². The Morgan fingerprint density at radius 1 is 1.17 bits per heavy atom. The predicted molar refractivity (Wildman–Crippen MR) is 109 cm³/mol. The summed E-state index contributed by atoms with van der Waals surface area (Å²) in [6.07, 6.45) is 0.705. The summed E-state index contributed by atoms with van der Waals surface area (Å²) in [5.74, 6) is 0.602. The largest absolute Gasteiger partial charge is 0.495 e. The minimum atomic E-state index is -3.68. The molecule has 0 saturated carbocycles. The number of anilines is 1. The van der Waals surface area contributed by atoms with Crippen LogP contribution in [0.1, 0.15) is 16.8 Å². The molecule has 1 aliphatic rings. The molecule has 2 aromatic rings.